The van der Waals surface area contributed by atoms with E-state index in [2.05, 4.69) is 10.6 Å². The van der Waals surface area contributed by atoms with Gasteiger partial charge in [-0.25, -0.2) is 8.42 Å². The van der Waals surface area contributed by atoms with Crippen molar-refractivity contribution in [1.82, 2.24) is 10.6 Å². The molecule has 1 aliphatic rings. The second kappa shape index (κ2) is 7.77. The van der Waals surface area contributed by atoms with E-state index in [9.17, 15) is 13.2 Å². The van der Waals surface area contributed by atoms with Gasteiger partial charge < -0.3 is 10.6 Å². The lowest BCUT2D eigenvalue weighted by Gasteiger charge is -2.23. The molecule has 0 atom stereocenters. The van der Waals surface area contributed by atoms with Crippen molar-refractivity contribution < 1.29 is 13.2 Å². The molecule has 0 unspecified atom stereocenters. The van der Waals surface area contributed by atoms with E-state index in [1.807, 2.05) is 0 Å². The van der Waals surface area contributed by atoms with Gasteiger partial charge in [0.05, 0.1) is 10.6 Å². The molecule has 0 aromatic heterocycles. The van der Waals surface area contributed by atoms with Crippen LogP contribution in [-0.2, 0) is 9.84 Å². The third-order valence-corrected chi connectivity index (χ3v) is 5.28. The zero-order chi connectivity index (χ0) is 14.6. The van der Waals surface area contributed by atoms with E-state index >= 15 is 0 Å². The van der Waals surface area contributed by atoms with Crippen LogP contribution in [0.5, 0.6) is 0 Å². The van der Waals surface area contributed by atoms with Crippen molar-refractivity contribution in [2.75, 3.05) is 18.8 Å². The van der Waals surface area contributed by atoms with Crippen molar-refractivity contribution in [3.05, 3.63) is 29.8 Å². The number of carbonyl (C=O) groups is 1. The Bertz CT molecular complexity index is 566. The van der Waals surface area contributed by atoms with Crippen LogP contribution in [0.15, 0.2) is 29.2 Å². The Hall–Kier alpha value is -1.11. The first-order chi connectivity index (χ1) is 9.53. The predicted molar refractivity (Wildman–Crippen MR) is 84.8 cm³/mol. The largest absolute Gasteiger partial charge is 0.349 e. The van der Waals surface area contributed by atoms with Crippen molar-refractivity contribution >= 4 is 28.2 Å². The summed E-state index contributed by atoms with van der Waals surface area (Å²) < 4.78 is 23.4. The van der Waals surface area contributed by atoms with Gasteiger partial charge in [0.15, 0.2) is 9.84 Å². The molecule has 118 valence electrons. The normalized spacial score (nSPS) is 16.0. The summed E-state index contributed by atoms with van der Waals surface area (Å²) in [5.41, 5.74) is 0.499. The van der Waals surface area contributed by atoms with Crippen molar-refractivity contribution in [2.45, 2.75) is 30.7 Å². The van der Waals surface area contributed by atoms with E-state index in [0.717, 1.165) is 25.9 Å². The minimum atomic E-state index is -3.21. The standard InChI is InChI=1S/C14H20N2O3S.ClH/c1-2-20(18,19)13-5-3-11(4-6-13)14(17)16-12-7-9-15-10-8-12;/h3-6,12,15H,2,7-10H2,1H3,(H,16,17);1H. The molecule has 5 nitrogen and oxygen atoms in total. The number of amides is 1. The summed E-state index contributed by atoms with van der Waals surface area (Å²) in [6.07, 6.45) is 1.85. The lowest BCUT2D eigenvalue weighted by atomic mass is 10.1. The fourth-order valence-electron chi connectivity index (χ4n) is 2.22. The van der Waals surface area contributed by atoms with Crippen LogP contribution in [0.3, 0.4) is 0 Å². The van der Waals surface area contributed by atoms with Gasteiger partial charge in [0.25, 0.3) is 5.91 Å². The van der Waals surface area contributed by atoms with E-state index < -0.39 is 9.84 Å². The Kier molecular flexibility index (Phi) is 6.64. The first-order valence-electron chi connectivity index (χ1n) is 6.87. The number of nitrogens with one attached hydrogen (secondary N) is 2. The van der Waals surface area contributed by atoms with E-state index in [1.54, 1.807) is 19.1 Å². The lowest BCUT2D eigenvalue weighted by Crippen LogP contribution is -2.42. The van der Waals surface area contributed by atoms with Crippen LogP contribution in [0.2, 0.25) is 0 Å². The zero-order valence-corrected chi connectivity index (χ0v) is 13.6. The Balaban J connectivity index is 0.00000220. The predicted octanol–water partition coefficient (Wildman–Crippen LogP) is 1.38. The van der Waals surface area contributed by atoms with Crippen molar-refractivity contribution in [2.24, 2.45) is 0 Å². The Morgan fingerprint density at radius 1 is 1.24 bits per heavy atom. The Labute approximate surface area is 131 Å². The van der Waals surface area contributed by atoms with Gasteiger partial charge in [-0.15, -0.1) is 12.4 Å². The monoisotopic (exact) mass is 332 g/mol. The Morgan fingerprint density at radius 2 is 1.81 bits per heavy atom. The van der Waals surface area contributed by atoms with E-state index in [0.29, 0.717) is 5.56 Å². The molecule has 7 heteroatoms. The van der Waals surface area contributed by atoms with Gasteiger partial charge in [-0.1, -0.05) is 6.92 Å². The quantitative estimate of drug-likeness (QED) is 0.873. The fourth-order valence-corrected chi connectivity index (χ4v) is 3.10. The molecule has 1 fully saturated rings. The molecule has 21 heavy (non-hydrogen) atoms. The molecule has 1 saturated heterocycles. The molecule has 0 bridgehead atoms. The second-order valence-corrected chi connectivity index (χ2v) is 7.20. The number of carbonyl (C=O) groups excluding carboxylic acids is 1. The van der Waals surface area contributed by atoms with Crippen molar-refractivity contribution in [1.29, 1.82) is 0 Å². The molecule has 0 saturated carbocycles. The van der Waals surface area contributed by atoms with Crippen LogP contribution in [-0.4, -0.2) is 39.2 Å². The maximum atomic E-state index is 12.1. The molecule has 0 radical (unpaired) electrons. The third-order valence-electron chi connectivity index (χ3n) is 3.53. The highest BCUT2D eigenvalue weighted by molar-refractivity contribution is 7.91. The highest BCUT2D eigenvalue weighted by atomic mass is 35.5. The van der Waals surface area contributed by atoms with Gasteiger partial charge in [0, 0.05) is 11.6 Å². The lowest BCUT2D eigenvalue weighted by molar-refractivity contribution is 0.0929. The van der Waals surface area contributed by atoms with Gasteiger partial charge in [-0.2, -0.15) is 0 Å². The number of halogens is 1. The van der Waals surface area contributed by atoms with Crippen molar-refractivity contribution in [3.63, 3.8) is 0 Å². The molecule has 0 spiro atoms. The van der Waals surface area contributed by atoms with E-state index in [-0.39, 0.29) is 35.0 Å². The van der Waals surface area contributed by atoms with Crippen LogP contribution < -0.4 is 10.6 Å². The minimum absolute atomic E-state index is 0. The molecule has 0 aliphatic carbocycles. The molecular weight excluding hydrogens is 312 g/mol. The van der Waals surface area contributed by atoms with E-state index in [4.69, 9.17) is 0 Å². The highest BCUT2D eigenvalue weighted by Gasteiger charge is 2.17. The van der Waals surface area contributed by atoms with Gasteiger partial charge in [-0.3, -0.25) is 4.79 Å². The molecule has 2 N–H and O–H groups in total. The molecule has 2 rings (SSSR count). The van der Waals surface area contributed by atoms with Crippen LogP contribution in [0.1, 0.15) is 30.1 Å². The molecule has 1 aromatic carbocycles. The van der Waals surface area contributed by atoms with Gasteiger partial charge in [0.1, 0.15) is 0 Å². The van der Waals surface area contributed by atoms with Crippen LogP contribution in [0.4, 0.5) is 0 Å². The molecule has 1 amide bonds. The number of hydrogen-bond donors (Lipinski definition) is 2. The van der Waals surface area contributed by atoms with Gasteiger partial charge in [-0.05, 0) is 50.2 Å². The first-order valence-corrected chi connectivity index (χ1v) is 8.52. The van der Waals surface area contributed by atoms with Crippen LogP contribution >= 0.6 is 12.4 Å². The van der Waals surface area contributed by atoms with Crippen LogP contribution in [0.25, 0.3) is 0 Å². The summed E-state index contributed by atoms with van der Waals surface area (Å²) in [6.45, 7) is 3.43. The maximum Gasteiger partial charge on any atom is 0.251 e. The average Bonchev–Trinajstić information content (AvgIpc) is 2.48. The van der Waals surface area contributed by atoms with Crippen LogP contribution in [0, 0.1) is 0 Å². The molecule has 1 aliphatic heterocycles. The number of benzene rings is 1. The highest BCUT2D eigenvalue weighted by Crippen LogP contribution is 2.13. The maximum absolute atomic E-state index is 12.1. The Morgan fingerprint density at radius 3 is 2.33 bits per heavy atom. The molecular formula is C14H21ClN2O3S. The number of piperidine rings is 1. The second-order valence-electron chi connectivity index (χ2n) is 4.93. The number of hydrogen-bond acceptors (Lipinski definition) is 4. The summed E-state index contributed by atoms with van der Waals surface area (Å²) in [5.74, 6) is -0.0782. The van der Waals surface area contributed by atoms with Gasteiger partial charge >= 0.3 is 0 Å². The minimum Gasteiger partial charge on any atom is -0.349 e. The first kappa shape index (κ1) is 17.9. The summed E-state index contributed by atoms with van der Waals surface area (Å²) in [4.78, 5) is 12.3. The van der Waals surface area contributed by atoms with E-state index in [1.165, 1.54) is 12.1 Å². The SMILES string of the molecule is CCS(=O)(=O)c1ccc(C(=O)NC2CCNCC2)cc1.Cl. The number of sulfone groups is 1. The summed E-state index contributed by atoms with van der Waals surface area (Å²) in [7, 11) is -3.21. The number of rotatable bonds is 4. The smallest absolute Gasteiger partial charge is 0.251 e. The molecule has 1 heterocycles. The fraction of sp³-hybridized carbons (Fsp3) is 0.500. The topological polar surface area (TPSA) is 75.3 Å². The summed E-state index contributed by atoms with van der Waals surface area (Å²) >= 11 is 0. The van der Waals surface area contributed by atoms with Crippen molar-refractivity contribution in [3.8, 4) is 0 Å². The molecule has 1 aromatic rings. The summed E-state index contributed by atoms with van der Waals surface area (Å²) in [6, 6.07) is 6.33. The summed E-state index contributed by atoms with van der Waals surface area (Å²) in [5, 5.41) is 6.22. The van der Waals surface area contributed by atoms with Gasteiger partial charge in [0.2, 0.25) is 0 Å². The average molecular weight is 333 g/mol. The zero-order valence-electron chi connectivity index (χ0n) is 12.0. The third kappa shape index (κ3) is 4.69.